The molecule has 3 N–H and O–H groups in total. The number of aliphatic hydroxyl groups is 3. The van der Waals surface area contributed by atoms with Crippen LogP contribution in [0, 0.1) is 0 Å². The number of carbonyl (C=O) groups excluding carboxylic acids is 1. The molecule has 0 bridgehead atoms. The zero-order valence-corrected chi connectivity index (χ0v) is 23.7. The lowest BCUT2D eigenvalue weighted by molar-refractivity contribution is -0.153. The fourth-order valence-electron chi connectivity index (χ4n) is 4.50. The molecule has 0 saturated heterocycles. The van der Waals surface area contributed by atoms with Crippen LogP contribution >= 0.6 is 0 Å². The standard InChI is InChI=1S/C30H60O6/c1-3-5-7-9-11-13-15-17-19-21-23-35-26-28(33)29(34)30(27(32)25-31)36-24-22-20-18-16-14-12-10-8-6-4-2/h25,27-30,32-34H,3-24,26H2,1-2H3/t27-,28-,29-,30-/m1/s1. The third-order valence-electron chi connectivity index (χ3n) is 6.95. The van der Waals surface area contributed by atoms with Gasteiger partial charge in [-0.25, -0.2) is 0 Å². The SMILES string of the molecule is CCCCCCCCCCCCOC[C@@H](O)[C@@H](O)[C@H](OCCCCCCCCCCCC)[C@H](O)C=O. The van der Waals surface area contributed by atoms with E-state index in [-0.39, 0.29) is 6.61 Å². The Hall–Kier alpha value is -0.530. The van der Waals surface area contributed by atoms with Crippen LogP contribution < -0.4 is 0 Å². The molecule has 0 aromatic carbocycles. The van der Waals surface area contributed by atoms with E-state index in [1.54, 1.807) is 0 Å². The van der Waals surface area contributed by atoms with Crippen LogP contribution in [0.1, 0.15) is 142 Å². The first-order chi connectivity index (χ1) is 17.6. The summed E-state index contributed by atoms with van der Waals surface area (Å²) < 4.78 is 11.1. The van der Waals surface area contributed by atoms with Gasteiger partial charge in [0.25, 0.3) is 0 Å². The highest BCUT2D eigenvalue weighted by atomic mass is 16.5. The summed E-state index contributed by atoms with van der Waals surface area (Å²) in [6.45, 7) is 5.30. The molecule has 0 fully saturated rings. The van der Waals surface area contributed by atoms with Gasteiger partial charge in [-0.2, -0.15) is 0 Å². The van der Waals surface area contributed by atoms with Crippen molar-refractivity contribution in [2.75, 3.05) is 19.8 Å². The Morgan fingerprint density at radius 3 is 1.39 bits per heavy atom. The lowest BCUT2D eigenvalue weighted by Gasteiger charge is -2.28. The molecule has 0 rings (SSSR count). The molecule has 0 amide bonds. The zero-order chi connectivity index (χ0) is 26.7. The van der Waals surface area contributed by atoms with Gasteiger partial charge in [-0.05, 0) is 12.8 Å². The zero-order valence-electron chi connectivity index (χ0n) is 23.7. The van der Waals surface area contributed by atoms with E-state index in [1.165, 1.54) is 96.3 Å². The molecule has 0 aromatic heterocycles. The molecule has 0 spiro atoms. The van der Waals surface area contributed by atoms with Crippen LogP contribution in [0.4, 0.5) is 0 Å². The molecule has 0 aliphatic heterocycles. The summed E-state index contributed by atoms with van der Waals surface area (Å²) in [6, 6.07) is 0. The van der Waals surface area contributed by atoms with E-state index in [2.05, 4.69) is 13.8 Å². The van der Waals surface area contributed by atoms with Gasteiger partial charge in [0, 0.05) is 13.2 Å². The van der Waals surface area contributed by atoms with E-state index < -0.39 is 24.4 Å². The van der Waals surface area contributed by atoms with Gasteiger partial charge in [-0.15, -0.1) is 0 Å². The molecule has 0 saturated carbocycles. The summed E-state index contributed by atoms with van der Waals surface area (Å²) in [5, 5.41) is 30.7. The van der Waals surface area contributed by atoms with Crippen LogP contribution in [0.15, 0.2) is 0 Å². The summed E-state index contributed by atoms with van der Waals surface area (Å²) in [6.07, 6.45) is 19.6. The number of aldehydes is 1. The highest BCUT2D eigenvalue weighted by Gasteiger charge is 2.32. The number of hydrogen-bond acceptors (Lipinski definition) is 6. The Labute approximate surface area is 222 Å². The van der Waals surface area contributed by atoms with E-state index >= 15 is 0 Å². The molecule has 0 aliphatic rings. The van der Waals surface area contributed by atoms with E-state index in [0.717, 1.165) is 32.1 Å². The molecule has 0 aromatic rings. The number of ether oxygens (including phenoxy) is 2. The quantitative estimate of drug-likeness (QED) is 0.0774. The second-order valence-electron chi connectivity index (χ2n) is 10.5. The van der Waals surface area contributed by atoms with E-state index in [9.17, 15) is 20.1 Å². The minimum absolute atomic E-state index is 0.0394. The van der Waals surface area contributed by atoms with Crippen molar-refractivity contribution in [1.82, 2.24) is 0 Å². The minimum atomic E-state index is -1.47. The molecule has 6 heteroatoms. The minimum Gasteiger partial charge on any atom is -0.388 e. The summed E-state index contributed by atoms with van der Waals surface area (Å²) in [4.78, 5) is 11.1. The maximum Gasteiger partial charge on any atom is 0.151 e. The van der Waals surface area contributed by atoms with Gasteiger partial charge < -0.3 is 29.6 Å². The predicted molar refractivity (Wildman–Crippen MR) is 148 cm³/mol. The average Bonchev–Trinajstić information content (AvgIpc) is 2.89. The maximum absolute atomic E-state index is 11.1. The van der Waals surface area contributed by atoms with Crippen LogP contribution in [-0.2, 0) is 14.3 Å². The van der Waals surface area contributed by atoms with Gasteiger partial charge in [0.15, 0.2) is 6.29 Å². The highest BCUT2D eigenvalue weighted by molar-refractivity contribution is 5.56. The van der Waals surface area contributed by atoms with Crippen molar-refractivity contribution in [2.24, 2.45) is 0 Å². The van der Waals surface area contributed by atoms with Gasteiger partial charge in [0.1, 0.15) is 24.4 Å². The molecule has 216 valence electrons. The average molecular weight is 517 g/mol. The van der Waals surface area contributed by atoms with E-state index in [4.69, 9.17) is 9.47 Å². The number of hydrogen-bond donors (Lipinski definition) is 3. The largest absolute Gasteiger partial charge is 0.388 e. The Morgan fingerprint density at radius 1 is 0.583 bits per heavy atom. The Bertz CT molecular complexity index is 447. The van der Waals surface area contributed by atoms with Crippen LogP contribution in [-0.4, -0.2) is 65.8 Å². The lowest BCUT2D eigenvalue weighted by atomic mass is 10.0. The van der Waals surface area contributed by atoms with Gasteiger partial charge in [0.05, 0.1) is 6.61 Å². The predicted octanol–water partition coefficient (Wildman–Crippen LogP) is 6.51. The second-order valence-corrected chi connectivity index (χ2v) is 10.5. The summed E-state index contributed by atoms with van der Waals surface area (Å²) in [7, 11) is 0. The smallest absolute Gasteiger partial charge is 0.151 e. The molecule has 4 atom stereocenters. The molecular weight excluding hydrogens is 456 g/mol. The first-order valence-electron chi connectivity index (χ1n) is 15.3. The fourth-order valence-corrected chi connectivity index (χ4v) is 4.50. The topological polar surface area (TPSA) is 96.2 Å². The fraction of sp³-hybridized carbons (Fsp3) is 0.967. The molecule has 0 heterocycles. The van der Waals surface area contributed by atoms with Gasteiger partial charge in [0.2, 0.25) is 0 Å². The molecule has 0 aliphatic carbocycles. The lowest BCUT2D eigenvalue weighted by Crippen LogP contribution is -2.48. The number of aliphatic hydroxyl groups excluding tert-OH is 3. The third kappa shape index (κ3) is 21.5. The summed E-state index contributed by atoms with van der Waals surface area (Å²) >= 11 is 0. The molecule has 0 radical (unpaired) electrons. The number of unbranched alkanes of at least 4 members (excludes halogenated alkanes) is 18. The molecule has 6 nitrogen and oxygen atoms in total. The maximum atomic E-state index is 11.1. The molecule has 0 unspecified atom stereocenters. The Kier molecular flexibility index (Phi) is 27.1. The van der Waals surface area contributed by atoms with Crippen molar-refractivity contribution >= 4 is 6.29 Å². The van der Waals surface area contributed by atoms with Gasteiger partial charge in [-0.1, -0.05) is 129 Å². The first-order valence-corrected chi connectivity index (χ1v) is 15.3. The Balaban J connectivity index is 3.86. The third-order valence-corrected chi connectivity index (χ3v) is 6.95. The van der Waals surface area contributed by atoms with Crippen molar-refractivity contribution in [2.45, 2.75) is 167 Å². The molecule has 36 heavy (non-hydrogen) atoms. The summed E-state index contributed by atoms with van der Waals surface area (Å²) in [5.41, 5.74) is 0. The van der Waals surface area contributed by atoms with Gasteiger partial charge in [-0.3, -0.25) is 0 Å². The van der Waals surface area contributed by atoms with Crippen molar-refractivity contribution in [3.63, 3.8) is 0 Å². The second kappa shape index (κ2) is 27.5. The van der Waals surface area contributed by atoms with Crippen molar-refractivity contribution in [1.29, 1.82) is 0 Å². The number of carbonyl (C=O) groups is 1. The van der Waals surface area contributed by atoms with Crippen LogP contribution in [0.25, 0.3) is 0 Å². The Morgan fingerprint density at radius 2 is 0.972 bits per heavy atom. The van der Waals surface area contributed by atoms with Crippen molar-refractivity contribution in [3.8, 4) is 0 Å². The van der Waals surface area contributed by atoms with E-state index in [1.807, 2.05) is 0 Å². The normalized spacial score (nSPS) is 15.0. The van der Waals surface area contributed by atoms with Crippen LogP contribution in [0.3, 0.4) is 0 Å². The van der Waals surface area contributed by atoms with Crippen LogP contribution in [0.5, 0.6) is 0 Å². The monoisotopic (exact) mass is 516 g/mol. The van der Waals surface area contributed by atoms with Crippen molar-refractivity contribution < 1.29 is 29.6 Å². The van der Waals surface area contributed by atoms with Crippen molar-refractivity contribution in [3.05, 3.63) is 0 Å². The van der Waals surface area contributed by atoms with E-state index in [0.29, 0.717) is 19.5 Å². The van der Waals surface area contributed by atoms with Gasteiger partial charge >= 0.3 is 0 Å². The first kappa shape index (κ1) is 35.5. The number of rotatable bonds is 29. The highest BCUT2D eigenvalue weighted by Crippen LogP contribution is 2.14. The van der Waals surface area contributed by atoms with Crippen LogP contribution in [0.2, 0.25) is 0 Å². The summed E-state index contributed by atoms with van der Waals surface area (Å²) in [5.74, 6) is 0. The molecular formula is C30H60O6.